The van der Waals surface area contributed by atoms with Crippen molar-refractivity contribution in [1.29, 1.82) is 0 Å². The number of hydrogen-bond donors (Lipinski definition) is 0. The maximum absolute atomic E-state index is 3.04. The molecule has 2 aliphatic rings. The molecule has 0 amide bonds. The van der Waals surface area contributed by atoms with Crippen LogP contribution in [-0.2, 0) is 33.4 Å². The molecule has 3 aromatic carbocycles. The van der Waals surface area contributed by atoms with E-state index in [-0.39, 0.29) is 35.6 Å². The van der Waals surface area contributed by atoms with Gasteiger partial charge in [-0.05, 0) is 0 Å². The predicted molar refractivity (Wildman–Crippen MR) is 166 cm³/mol. The van der Waals surface area contributed by atoms with Crippen LogP contribution in [0.25, 0.3) is 11.1 Å². The summed E-state index contributed by atoms with van der Waals surface area (Å²) in [5, 5.41) is 0. The van der Waals surface area contributed by atoms with Crippen LogP contribution < -0.4 is 7.74 Å². The van der Waals surface area contributed by atoms with Crippen molar-refractivity contribution in [1.82, 2.24) is 0 Å². The average Bonchev–Trinajstić information content (AvgIpc) is 3.47. The molecule has 37 heavy (non-hydrogen) atoms. The second kappa shape index (κ2) is 10.8. The van der Waals surface area contributed by atoms with Gasteiger partial charge in [-0.25, -0.2) is 0 Å². The van der Waals surface area contributed by atoms with E-state index >= 15 is 0 Å². The number of allylic oxidation sites excluding steroid dienone is 4. The maximum atomic E-state index is 2.66. The summed E-state index contributed by atoms with van der Waals surface area (Å²) in [6.45, 7) is 16.5. The summed E-state index contributed by atoms with van der Waals surface area (Å²) in [5.41, 5.74) is 9.20. The summed E-state index contributed by atoms with van der Waals surface area (Å²) in [6, 6.07) is 23.6. The first kappa shape index (κ1) is 29.9. The van der Waals surface area contributed by atoms with Crippen LogP contribution in [0.2, 0.25) is 0 Å². The van der Waals surface area contributed by atoms with Gasteiger partial charge < -0.3 is 0 Å². The fraction of sp³-hybridized carbons (Fsp3) is 0.324. The normalized spacial score (nSPS) is 15.6. The van der Waals surface area contributed by atoms with Crippen LogP contribution in [0.3, 0.4) is 0 Å². The van der Waals surface area contributed by atoms with Crippen molar-refractivity contribution < 1.29 is 16.1 Å². The van der Waals surface area contributed by atoms with Gasteiger partial charge in [0.1, 0.15) is 0 Å². The largest absolute Gasteiger partial charge is 0.147 e. The number of hydrogen-bond acceptors (Lipinski definition) is 0. The summed E-state index contributed by atoms with van der Waals surface area (Å²) in [7, 11) is 0. The van der Waals surface area contributed by atoms with Gasteiger partial charge in [0, 0.05) is 0 Å². The Balaban J connectivity index is 0.00000190. The van der Waals surface area contributed by atoms with Gasteiger partial charge in [-0.15, -0.1) is 24.8 Å². The Morgan fingerprint density at radius 3 is 2.03 bits per heavy atom. The van der Waals surface area contributed by atoms with E-state index < -0.39 is 16.1 Å². The number of rotatable bonds is 3. The SMILES string of the molecule is C[CH]=[Ti]([C]1=CC=CC1)([c]1ccccc1)[c]1c(C(C)(C)C)ccc2c1Cc1cc(C(C)(C)C)ccc1-2.Cl.Cl. The zero-order valence-electron chi connectivity index (χ0n) is 23.3. The van der Waals surface area contributed by atoms with E-state index in [2.05, 4.69) is 132 Å². The van der Waals surface area contributed by atoms with Crippen LogP contribution in [0.5, 0.6) is 0 Å². The molecule has 0 radical (unpaired) electrons. The third kappa shape index (κ3) is 5.04. The molecule has 0 heterocycles. The minimum absolute atomic E-state index is 0. The third-order valence-corrected chi connectivity index (χ3v) is 15.7. The Kier molecular flexibility index (Phi) is 8.73. The Labute approximate surface area is 240 Å². The Hall–Kier alpha value is -1.70. The van der Waals surface area contributed by atoms with Crippen molar-refractivity contribution in [2.75, 3.05) is 0 Å². The second-order valence-electron chi connectivity index (χ2n) is 12.3. The number of fused-ring (bicyclic) bond motifs is 3. The van der Waals surface area contributed by atoms with Gasteiger partial charge in [-0.3, -0.25) is 0 Å². The van der Waals surface area contributed by atoms with Gasteiger partial charge in [-0.1, -0.05) is 0 Å². The molecule has 2 aliphatic carbocycles. The van der Waals surface area contributed by atoms with Crippen molar-refractivity contribution in [2.45, 2.75) is 72.1 Å². The molecule has 0 nitrogen and oxygen atoms in total. The zero-order chi connectivity index (χ0) is 25.0. The Morgan fingerprint density at radius 2 is 1.46 bits per heavy atom. The second-order valence-corrected chi connectivity index (χ2v) is 18.5. The molecular formula is C34H41Cl2Ti. The number of halogens is 2. The molecule has 5 rings (SSSR count). The zero-order valence-corrected chi connectivity index (χ0v) is 26.5. The standard InChI is InChI=1S/C21H25.C6H5.C5H5.C2H4.2ClH.Ti/c1-20(2,3)16-7-9-18-14(12-16)11-15-13-17(21(4,5)6)8-10-19(15)18;1-2-4-6-5-3-1;1-2-4-5-3-1;1-2;;;/h7-10,12H,11H2,1-6H3;1-5H;1-3H,4H2;1H,2H3;2*1H;. The summed E-state index contributed by atoms with van der Waals surface area (Å²) in [4.78, 5) is 0. The molecule has 1 atom stereocenters. The molecule has 0 aliphatic heterocycles. The van der Waals surface area contributed by atoms with E-state index in [0.717, 1.165) is 12.8 Å². The van der Waals surface area contributed by atoms with E-state index in [1.54, 1.807) is 17.2 Å². The Bertz CT molecular complexity index is 1410. The molecule has 0 aromatic heterocycles. The van der Waals surface area contributed by atoms with Crippen molar-refractivity contribution in [3.8, 4) is 11.1 Å². The van der Waals surface area contributed by atoms with Crippen molar-refractivity contribution in [2.24, 2.45) is 0 Å². The maximum Gasteiger partial charge on any atom is -0.147 e. The summed E-state index contributed by atoms with van der Waals surface area (Å²) in [6.07, 6.45) is 9.20. The Morgan fingerprint density at radius 1 is 0.784 bits per heavy atom. The van der Waals surface area contributed by atoms with Crippen LogP contribution in [0.15, 0.2) is 82.8 Å². The van der Waals surface area contributed by atoms with E-state index in [4.69, 9.17) is 0 Å². The third-order valence-electron chi connectivity index (χ3n) is 8.08. The molecule has 0 spiro atoms. The first-order chi connectivity index (χ1) is 16.6. The molecule has 0 N–H and O–H groups in total. The molecule has 0 saturated carbocycles. The van der Waals surface area contributed by atoms with Crippen LogP contribution in [0.4, 0.5) is 0 Å². The minimum atomic E-state index is -3.04. The van der Waals surface area contributed by atoms with Gasteiger partial charge in [-0.2, -0.15) is 0 Å². The summed E-state index contributed by atoms with van der Waals surface area (Å²) in [5.74, 6) is 0. The molecule has 0 fully saturated rings. The van der Waals surface area contributed by atoms with Gasteiger partial charge in [0.05, 0.1) is 0 Å². The van der Waals surface area contributed by atoms with Gasteiger partial charge in [0.15, 0.2) is 0 Å². The summed E-state index contributed by atoms with van der Waals surface area (Å²) < 4.78 is 7.55. The van der Waals surface area contributed by atoms with Crippen molar-refractivity contribution in [3.63, 3.8) is 0 Å². The molecule has 195 valence electrons. The first-order valence-electron chi connectivity index (χ1n) is 13.1. The van der Waals surface area contributed by atoms with Crippen molar-refractivity contribution in [3.05, 3.63) is 105 Å². The monoisotopic (exact) mass is 567 g/mol. The molecule has 0 saturated heterocycles. The van der Waals surface area contributed by atoms with Gasteiger partial charge >= 0.3 is 216 Å². The van der Waals surface area contributed by atoms with Crippen LogP contribution in [0.1, 0.15) is 77.1 Å². The van der Waals surface area contributed by atoms with E-state index in [1.165, 1.54) is 27.8 Å². The van der Waals surface area contributed by atoms with E-state index in [9.17, 15) is 0 Å². The topological polar surface area (TPSA) is 0 Å². The van der Waals surface area contributed by atoms with Crippen LogP contribution in [0, 0.1) is 0 Å². The predicted octanol–water partition coefficient (Wildman–Crippen LogP) is 8.47. The van der Waals surface area contributed by atoms with E-state index in [0.29, 0.717) is 0 Å². The van der Waals surface area contributed by atoms with E-state index in [1.807, 2.05) is 0 Å². The molecule has 0 bridgehead atoms. The van der Waals surface area contributed by atoms with Gasteiger partial charge in [0.25, 0.3) is 0 Å². The number of benzene rings is 3. The quantitative estimate of drug-likeness (QED) is 0.218. The minimum Gasteiger partial charge on any atom is -0.147 e. The fourth-order valence-electron chi connectivity index (χ4n) is 6.25. The van der Waals surface area contributed by atoms with Crippen molar-refractivity contribution >= 4 is 36.9 Å². The average molecular weight is 568 g/mol. The van der Waals surface area contributed by atoms with Crippen LogP contribution >= 0.6 is 24.8 Å². The molecule has 1 unspecified atom stereocenters. The van der Waals surface area contributed by atoms with Gasteiger partial charge in [0.2, 0.25) is 0 Å². The summed E-state index contributed by atoms with van der Waals surface area (Å²) >= 11 is -3.04. The fourth-order valence-corrected chi connectivity index (χ4v) is 14.2. The first-order valence-corrected chi connectivity index (χ1v) is 16.3. The van der Waals surface area contributed by atoms with Crippen LogP contribution in [-0.4, -0.2) is 4.31 Å². The molecule has 3 heteroatoms. The smallest absolute Gasteiger partial charge is 0.147 e. The molecule has 3 aromatic rings. The molecular weight excluding hydrogens is 527 g/mol.